The summed E-state index contributed by atoms with van der Waals surface area (Å²) in [5.41, 5.74) is 0. The van der Waals surface area contributed by atoms with Gasteiger partial charge in [-0.1, -0.05) is 50.1 Å². The van der Waals surface area contributed by atoms with E-state index in [-0.39, 0.29) is 0 Å². The minimum atomic E-state index is -3.19. The van der Waals surface area contributed by atoms with Crippen LogP contribution >= 0.6 is 31.9 Å². The highest BCUT2D eigenvalue weighted by atomic mass is 79.9. The van der Waals surface area contributed by atoms with Gasteiger partial charge in [-0.15, -0.1) is 0 Å². The molecular weight excluding hydrogens is 332 g/mol. The van der Waals surface area contributed by atoms with E-state index in [0.717, 1.165) is 0 Å². The van der Waals surface area contributed by atoms with E-state index in [2.05, 4.69) is 31.9 Å². The average Bonchev–Trinajstić information content (AvgIpc) is 2.20. The van der Waals surface area contributed by atoms with Crippen molar-refractivity contribution >= 4 is 41.7 Å². The Morgan fingerprint density at radius 1 is 1.07 bits per heavy atom. The Balaban J connectivity index is 3.08. The quantitative estimate of drug-likeness (QED) is 0.789. The van der Waals surface area contributed by atoms with E-state index in [0.29, 0.717) is 15.6 Å². The number of sulfone groups is 1. The van der Waals surface area contributed by atoms with Gasteiger partial charge in [0.1, 0.15) is 0 Å². The number of halogens is 2. The lowest BCUT2D eigenvalue weighted by Gasteiger charge is -2.11. The van der Waals surface area contributed by atoms with E-state index in [4.69, 9.17) is 0 Å². The summed E-state index contributed by atoms with van der Waals surface area (Å²) < 4.78 is 23.9. The van der Waals surface area contributed by atoms with Crippen LogP contribution in [0.2, 0.25) is 0 Å². The lowest BCUT2D eigenvalue weighted by atomic mass is 10.4. The summed E-state index contributed by atoms with van der Waals surface area (Å²) in [5, 5.41) is 0.468. The summed E-state index contributed by atoms with van der Waals surface area (Å²) in [6, 6.07) is 8.50. The van der Waals surface area contributed by atoms with Crippen molar-refractivity contribution in [3.63, 3.8) is 0 Å². The third-order valence-corrected chi connectivity index (χ3v) is 6.42. The van der Waals surface area contributed by atoms with Crippen LogP contribution in [0.4, 0.5) is 0 Å². The average molecular weight is 342 g/mol. The van der Waals surface area contributed by atoms with E-state index < -0.39 is 15.1 Å². The van der Waals surface area contributed by atoms with Crippen LogP contribution in [0.5, 0.6) is 0 Å². The minimum absolute atomic E-state index is 0.379. The van der Waals surface area contributed by atoms with Crippen molar-refractivity contribution in [3.8, 4) is 0 Å². The molecule has 5 heteroatoms. The SMILES string of the molecule is O=S(=O)(c1ccccc1)C(CBr)CBr. The fraction of sp³-hybridized carbons (Fsp3) is 0.333. The second-order valence-corrected chi connectivity index (χ2v) is 6.31. The summed E-state index contributed by atoms with van der Waals surface area (Å²) >= 11 is 6.40. The largest absolute Gasteiger partial charge is 0.223 e. The summed E-state index contributed by atoms with van der Waals surface area (Å²) in [6.07, 6.45) is 0. The fourth-order valence-electron chi connectivity index (χ4n) is 1.01. The number of benzene rings is 1. The van der Waals surface area contributed by atoms with Crippen molar-refractivity contribution in [2.75, 3.05) is 10.7 Å². The van der Waals surface area contributed by atoms with E-state index in [1.165, 1.54) is 0 Å². The smallest absolute Gasteiger partial charge is 0.182 e. The minimum Gasteiger partial charge on any atom is -0.223 e. The fourth-order valence-corrected chi connectivity index (χ4v) is 5.42. The van der Waals surface area contributed by atoms with Crippen molar-refractivity contribution in [3.05, 3.63) is 30.3 Å². The van der Waals surface area contributed by atoms with Crippen molar-refractivity contribution in [2.45, 2.75) is 10.1 Å². The summed E-state index contributed by atoms with van der Waals surface area (Å²) in [5.74, 6) is 0. The van der Waals surface area contributed by atoms with Gasteiger partial charge in [-0.25, -0.2) is 8.42 Å². The zero-order valence-electron chi connectivity index (χ0n) is 7.36. The van der Waals surface area contributed by atoms with Crippen LogP contribution in [0.3, 0.4) is 0 Å². The molecule has 0 saturated heterocycles. The molecule has 0 unspecified atom stereocenters. The Kier molecular flexibility index (Phi) is 4.60. The topological polar surface area (TPSA) is 34.1 Å². The van der Waals surface area contributed by atoms with Gasteiger partial charge in [0.25, 0.3) is 0 Å². The highest BCUT2D eigenvalue weighted by molar-refractivity contribution is 9.10. The summed E-state index contributed by atoms with van der Waals surface area (Å²) in [4.78, 5) is 0.379. The van der Waals surface area contributed by atoms with Crippen LogP contribution in [-0.2, 0) is 9.84 Å². The zero-order valence-corrected chi connectivity index (χ0v) is 11.3. The van der Waals surface area contributed by atoms with E-state index >= 15 is 0 Å². The van der Waals surface area contributed by atoms with E-state index in [1.54, 1.807) is 30.3 Å². The van der Waals surface area contributed by atoms with Crippen LogP contribution < -0.4 is 0 Å². The number of alkyl halides is 2. The molecule has 0 N–H and O–H groups in total. The molecule has 14 heavy (non-hydrogen) atoms. The van der Waals surface area contributed by atoms with Gasteiger partial charge in [0, 0.05) is 10.7 Å². The molecule has 0 fully saturated rings. The van der Waals surface area contributed by atoms with Crippen molar-refractivity contribution in [1.29, 1.82) is 0 Å². The van der Waals surface area contributed by atoms with E-state index in [9.17, 15) is 8.42 Å². The maximum Gasteiger partial charge on any atom is 0.182 e. The molecular formula is C9H10Br2O2S. The van der Waals surface area contributed by atoms with Crippen LogP contribution in [0.15, 0.2) is 35.2 Å². The second-order valence-electron chi connectivity index (χ2n) is 2.79. The van der Waals surface area contributed by atoms with Crippen molar-refractivity contribution < 1.29 is 8.42 Å². The highest BCUT2D eigenvalue weighted by Gasteiger charge is 2.24. The molecule has 0 heterocycles. The molecule has 0 spiro atoms. The first-order valence-electron chi connectivity index (χ1n) is 4.03. The van der Waals surface area contributed by atoms with Gasteiger partial charge in [0.2, 0.25) is 0 Å². The maximum absolute atomic E-state index is 11.9. The summed E-state index contributed by atoms with van der Waals surface area (Å²) in [6.45, 7) is 0. The Labute approximate surface area is 101 Å². The molecule has 0 aromatic heterocycles. The Hall–Kier alpha value is 0.130. The van der Waals surface area contributed by atoms with Gasteiger partial charge in [-0.2, -0.15) is 0 Å². The lowest BCUT2D eigenvalue weighted by molar-refractivity contribution is 0.589. The molecule has 0 radical (unpaired) electrons. The molecule has 0 atom stereocenters. The highest BCUT2D eigenvalue weighted by Crippen LogP contribution is 2.18. The first-order valence-corrected chi connectivity index (χ1v) is 7.82. The van der Waals surface area contributed by atoms with Gasteiger partial charge in [0.05, 0.1) is 10.1 Å². The summed E-state index contributed by atoms with van der Waals surface area (Å²) in [7, 11) is -3.19. The van der Waals surface area contributed by atoms with Gasteiger partial charge >= 0.3 is 0 Å². The first kappa shape index (κ1) is 12.2. The third-order valence-electron chi connectivity index (χ3n) is 1.85. The van der Waals surface area contributed by atoms with Gasteiger partial charge in [-0.05, 0) is 12.1 Å². The Morgan fingerprint density at radius 2 is 1.57 bits per heavy atom. The zero-order chi connectivity index (χ0) is 10.6. The van der Waals surface area contributed by atoms with Crippen LogP contribution in [0.1, 0.15) is 0 Å². The first-order chi connectivity index (χ1) is 6.62. The molecule has 1 aromatic rings. The number of hydrogen-bond acceptors (Lipinski definition) is 2. The van der Waals surface area contributed by atoms with Gasteiger partial charge in [-0.3, -0.25) is 0 Å². The molecule has 1 aromatic carbocycles. The molecule has 78 valence electrons. The van der Waals surface area contributed by atoms with Gasteiger partial charge in [0.15, 0.2) is 9.84 Å². The maximum atomic E-state index is 11.9. The molecule has 0 amide bonds. The molecule has 0 bridgehead atoms. The Morgan fingerprint density at radius 3 is 2.00 bits per heavy atom. The second kappa shape index (κ2) is 5.28. The van der Waals surface area contributed by atoms with Crippen molar-refractivity contribution in [1.82, 2.24) is 0 Å². The molecule has 1 rings (SSSR count). The lowest BCUT2D eigenvalue weighted by Crippen LogP contribution is -2.24. The molecule has 2 nitrogen and oxygen atoms in total. The standard InChI is InChI=1S/C9H10Br2O2S/c10-6-9(7-11)14(12,13)8-4-2-1-3-5-8/h1-5,9H,6-7H2. The van der Waals surface area contributed by atoms with Crippen LogP contribution in [0, 0.1) is 0 Å². The van der Waals surface area contributed by atoms with Crippen LogP contribution in [0.25, 0.3) is 0 Å². The van der Waals surface area contributed by atoms with Crippen LogP contribution in [-0.4, -0.2) is 24.3 Å². The molecule has 0 aliphatic carbocycles. The van der Waals surface area contributed by atoms with Crippen molar-refractivity contribution in [2.24, 2.45) is 0 Å². The molecule has 0 aliphatic rings. The normalized spacial score (nSPS) is 11.9. The third kappa shape index (κ3) is 2.58. The predicted molar refractivity (Wildman–Crippen MR) is 65.0 cm³/mol. The Bertz CT molecular complexity index is 371. The van der Waals surface area contributed by atoms with E-state index in [1.807, 2.05) is 0 Å². The van der Waals surface area contributed by atoms with Gasteiger partial charge < -0.3 is 0 Å². The number of rotatable bonds is 4. The molecule has 0 aliphatic heterocycles. The monoisotopic (exact) mass is 340 g/mol. The molecule has 0 saturated carbocycles. The number of hydrogen-bond donors (Lipinski definition) is 0. The predicted octanol–water partition coefficient (Wildman–Crippen LogP) is 2.62.